The van der Waals surface area contributed by atoms with Gasteiger partial charge in [0, 0.05) is 7.05 Å². The molecule has 0 aliphatic rings. The van der Waals surface area contributed by atoms with Crippen LogP contribution in [0.5, 0.6) is 0 Å². The molecule has 0 heterocycles. The van der Waals surface area contributed by atoms with E-state index in [1.807, 2.05) is 32.1 Å². The van der Waals surface area contributed by atoms with E-state index in [-0.39, 0.29) is 11.9 Å². The average molecular weight is 205 g/mol. The van der Waals surface area contributed by atoms with Gasteiger partial charge in [-0.15, -0.1) is 0 Å². The molecule has 82 valence electrons. The minimum absolute atomic E-state index is 0.00389. The predicted octanol–water partition coefficient (Wildman–Crippen LogP) is 2.71. The van der Waals surface area contributed by atoms with Crippen molar-refractivity contribution < 1.29 is 4.79 Å². The number of carbonyl (C=O) groups excluding carboxylic acids is 1. The Labute approximate surface area is 92.3 Å². The highest BCUT2D eigenvalue weighted by Gasteiger charge is 2.14. The van der Waals surface area contributed by atoms with Gasteiger partial charge in [-0.1, -0.05) is 37.5 Å². The van der Waals surface area contributed by atoms with E-state index in [0.29, 0.717) is 0 Å². The molecule has 0 aromatic heterocycles. The fourth-order valence-electron chi connectivity index (χ4n) is 1.14. The van der Waals surface area contributed by atoms with Gasteiger partial charge in [-0.3, -0.25) is 4.79 Å². The summed E-state index contributed by atoms with van der Waals surface area (Å²) < 4.78 is 0. The van der Waals surface area contributed by atoms with Crippen molar-refractivity contribution in [1.82, 2.24) is 4.90 Å². The van der Waals surface area contributed by atoms with Gasteiger partial charge >= 0.3 is 0 Å². The van der Waals surface area contributed by atoms with Crippen LogP contribution in [0.4, 0.5) is 0 Å². The second kappa shape index (κ2) is 6.82. The smallest absolute Gasteiger partial charge is 0.246 e. The molecule has 0 radical (unpaired) electrons. The predicted molar refractivity (Wildman–Crippen MR) is 65.5 cm³/mol. The van der Waals surface area contributed by atoms with Crippen LogP contribution in [0.15, 0.2) is 49.1 Å². The standard InChI is InChI=1S/C13H19NO/c1-6-9-10-12(7-2)11(4)14(5)13(15)8-3/h6-11H,2-3H2,1,4-5H3/b9-6-,12-10+. The molecule has 0 fully saturated rings. The third-order valence-corrected chi connectivity index (χ3v) is 2.30. The average Bonchev–Trinajstić information content (AvgIpc) is 2.27. The molecule has 15 heavy (non-hydrogen) atoms. The normalized spacial score (nSPS) is 13.7. The van der Waals surface area contributed by atoms with Crippen molar-refractivity contribution >= 4 is 5.91 Å². The monoisotopic (exact) mass is 205 g/mol. The Hall–Kier alpha value is -1.57. The molecule has 0 aromatic carbocycles. The molecule has 1 amide bonds. The fraction of sp³-hybridized carbons (Fsp3) is 0.308. The second-order valence-electron chi connectivity index (χ2n) is 3.23. The van der Waals surface area contributed by atoms with E-state index < -0.39 is 0 Å². The van der Waals surface area contributed by atoms with Gasteiger partial charge in [0.2, 0.25) is 5.91 Å². The molecule has 0 aliphatic heterocycles. The molecular formula is C13H19NO. The van der Waals surface area contributed by atoms with Gasteiger partial charge in [-0.2, -0.15) is 0 Å². The van der Waals surface area contributed by atoms with Crippen LogP contribution >= 0.6 is 0 Å². The molecule has 2 heteroatoms. The van der Waals surface area contributed by atoms with Crippen molar-refractivity contribution in [2.45, 2.75) is 19.9 Å². The molecule has 0 N–H and O–H groups in total. The van der Waals surface area contributed by atoms with Gasteiger partial charge < -0.3 is 4.90 Å². The first kappa shape index (κ1) is 13.4. The highest BCUT2D eigenvalue weighted by atomic mass is 16.2. The molecule has 0 saturated carbocycles. The summed E-state index contributed by atoms with van der Waals surface area (Å²) in [4.78, 5) is 13.0. The van der Waals surface area contributed by atoms with Gasteiger partial charge in [0.05, 0.1) is 6.04 Å². The van der Waals surface area contributed by atoms with E-state index in [9.17, 15) is 4.79 Å². The van der Waals surface area contributed by atoms with Crippen molar-refractivity contribution in [3.8, 4) is 0 Å². The van der Waals surface area contributed by atoms with Crippen molar-refractivity contribution in [3.63, 3.8) is 0 Å². The third kappa shape index (κ3) is 3.98. The fourth-order valence-corrected chi connectivity index (χ4v) is 1.14. The summed E-state index contributed by atoms with van der Waals surface area (Å²) in [6, 6.07) is 0.00389. The molecule has 0 bridgehead atoms. The van der Waals surface area contributed by atoms with Crippen LogP contribution in [0.2, 0.25) is 0 Å². The molecule has 1 unspecified atom stereocenters. The summed E-state index contributed by atoms with van der Waals surface area (Å²) in [7, 11) is 1.75. The van der Waals surface area contributed by atoms with Gasteiger partial charge in [0.1, 0.15) is 0 Å². The lowest BCUT2D eigenvalue weighted by Gasteiger charge is -2.24. The SMILES string of the molecule is C=CC(=O)N(C)C(C)/C(C=C)=C/C=C\C. The minimum atomic E-state index is -0.0873. The van der Waals surface area contributed by atoms with Crippen molar-refractivity contribution in [2.24, 2.45) is 0 Å². The third-order valence-electron chi connectivity index (χ3n) is 2.30. The largest absolute Gasteiger partial charge is 0.335 e. The van der Waals surface area contributed by atoms with Gasteiger partial charge in [-0.05, 0) is 25.5 Å². The van der Waals surface area contributed by atoms with E-state index in [2.05, 4.69) is 13.2 Å². The van der Waals surface area contributed by atoms with E-state index >= 15 is 0 Å². The van der Waals surface area contributed by atoms with Crippen LogP contribution in [-0.2, 0) is 4.79 Å². The summed E-state index contributed by atoms with van der Waals surface area (Å²) in [5.74, 6) is -0.0873. The van der Waals surface area contributed by atoms with Gasteiger partial charge in [-0.25, -0.2) is 0 Å². The molecular weight excluding hydrogens is 186 g/mol. The minimum Gasteiger partial charge on any atom is -0.335 e. The number of carbonyl (C=O) groups is 1. The Balaban J connectivity index is 4.79. The van der Waals surface area contributed by atoms with Crippen LogP contribution in [-0.4, -0.2) is 23.9 Å². The summed E-state index contributed by atoms with van der Waals surface area (Å²) in [5.41, 5.74) is 1.01. The van der Waals surface area contributed by atoms with Crippen molar-refractivity contribution in [1.29, 1.82) is 0 Å². The molecule has 0 rings (SSSR count). The Morgan fingerprint density at radius 2 is 1.93 bits per heavy atom. The van der Waals surface area contributed by atoms with E-state index in [1.165, 1.54) is 6.08 Å². The second-order valence-corrected chi connectivity index (χ2v) is 3.23. The topological polar surface area (TPSA) is 20.3 Å². The molecule has 0 spiro atoms. The van der Waals surface area contributed by atoms with Gasteiger partial charge in [0.25, 0.3) is 0 Å². The number of nitrogens with zero attached hydrogens (tertiary/aromatic N) is 1. The van der Waals surface area contributed by atoms with Crippen LogP contribution in [0.25, 0.3) is 0 Å². The summed E-state index contributed by atoms with van der Waals surface area (Å²) in [5, 5.41) is 0. The number of amides is 1. The van der Waals surface area contributed by atoms with Crippen LogP contribution in [0, 0.1) is 0 Å². The molecule has 2 nitrogen and oxygen atoms in total. The maximum atomic E-state index is 11.4. The zero-order valence-corrected chi connectivity index (χ0v) is 9.73. The Kier molecular flexibility index (Phi) is 6.11. The number of hydrogen-bond donors (Lipinski definition) is 0. The Morgan fingerprint density at radius 3 is 2.33 bits per heavy atom. The first-order chi connectivity index (χ1) is 7.08. The van der Waals surface area contributed by atoms with Crippen molar-refractivity contribution in [2.75, 3.05) is 7.05 Å². The summed E-state index contributed by atoms with van der Waals surface area (Å²) in [6.45, 7) is 11.1. The lowest BCUT2D eigenvalue weighted by Crippen LogP contribution is -2.34. The Bertz CT molecular complexity index is 300. The zero-order valence-electron chi connectivity index (χ0n) is 9.73. The first-order valence-corrected chi connectivity index (χ1v) is 4.93. The maximum absolute atomic E-state index is 11.4. The number of rotatable bonds is 5. The highest BCUT2D eigenvalue weighted by molar-refractivity contribution is 5.87. The zero-order chi connectivity index (χ0) is 11.8. The van der Waals surface area contributed by atoms with Gasteiger partial charge in [0.15, 0.2) is 0 Å². The molecule has 0 aliphatic carbocycles. The van der Waals surface area contributed by atoms with Crippen molar-refractivity contribution in [3.05, 3.63) is 49.1 Å². The molecule has 0 aromatic rings. The molecule has 1 atom stereocenters. The summed E-state index contributed by atoms with van der Waals surface area (Å²) in [6.07, 6.45) is 8.89. The number of likely N-dealkylation sites (N-methyl/N-ethyl adjacent to an activating group) is 1. The summed E-state index contributed by atoms with van der Waals surface area (Å²) >= 11 is 0. The van der Waals surface area contributed by atoms with E-state index in [1.54, 1.807) is 18.0 Å². The maximum Gasteiger partial charge on any atom is 0.246 e. The Morgan fingerprint density at radius 1 is 1.33 bits per heavy atom. The number of hydrogen-bond acceptors (Lipinski definition) is 1. The van der Waals surface area contributed by atoms with E-state index in [0.717, 1.165) is 5.57 Å². The lowest BCUT2D eigenvalue weighted by molar-refractivity contribution is -0.125. The van der Waals surface area contributed by atoms with E-state index in [4.69, 9.17) is 0 Å². The molecule has 0 saturated heterocycles. The quantitative estimate of drug-likeness (QED) is 0.499. The van der Waals surface area contributed by atoms with Crippen LogP contribution in [0.3, 0.4) is 0 Å². The first-order valence-electron chi connectivity index (χ1n) is 4.93. The lowest BCUT2D eigenvalue weighted by atomic mass is 10.1. The van der Waals surface area contributed by atoms with Crippen LogP contribution < -0.4 is 0 Å². The number of allylic oxidation sites excluding steroid dienone is 3. The van der Waals surface area contributed by atoms with Crippen LogP contribution in [0.1, 0.15) is 13.8 Å². The highest BCUT2D eigenvalue weighted by Crippen LogP contribution is 2.10.